The number of rotatable bonds is 5. The number of ether oxygens (including phenoxy) is 1. The molecule has 1 aliphatic heterocycles. The molecule has 7 nitrogen and oxygen atoms in total. The number of amides is 1. The summed E-state index contributed by atoms with van der Waals surface area (Å²) in [6, 6.07) is 25.1. The van der Waals surface area contributed by atoms with Gasteiger partial charge >= 0.3 is 0 Å². The maximum Gasteiger partial charge on any atom is 0.240 e. The summed E-state index contributed by atoms with van der Waals surface area (Å²) in [6.07, 6.45) is 0. The standard InChI is InChI=1S/C25H23N5O2S/c1-16-11-13-17(14-12-16)21-22(24(31)26-19-9-6-10-20(15-19)32-2)33-25-28-27-23(30(25)29-21)18-7-4-3-5-8-18/h3-15,21-22,29H,1-2H3,(H,26,31)/t21-,22+/m1/s1. The molecule has 2 N–H and O–H groups in total. The molecule has 0 radical (unpaired) electrons. The predicted octanol–water partition coefficient (Wildman–Crippen LogP) is 4.66. The Kier molecular flexibility index (Phi) is 5.75. The second-order valence-corrected chi connectivity index (χ2v) is 8.89. The summed E-state index contributed by atoms with van der Waals surface area (Å²) in [5.41, 5.74) is 7.31. The highest BCUT2D eigenvalue weighted by Crippen LogP contribution is 2.39. The van der Waals surface area contributed by atoms with Gasteiger partial charge in [0, 0.05) is 17.3 Å². The number of carbonyl (C=O) groups excluding carboxylic acids is 1. The van der Waals surface area contributed by atoms with E-state index in [4.69, 9.17) is 4.74 Å². The van der Waals surface area contributed by atoms with Gasteiger partial charge in [0.2, 0.25) is 11.1 Å². The van der Waals surface area contributed by atoms with E-state index in [0.29, 0.717) is 22.4 Å². The molecule has 2 heterocycles. The lowest BCUT2D eigenvalue weighted by molar-refractivity contribution is -0.116. The topological polar surface area (TPSA) is 81.1 Å². The fourth-order valence-corrected chi connectivity index (χ4v) is 4.85. The Morgan fingerprint density at radius 1 is 1.03 bits per heavy atom. The fourth-order valence-electron chi connectivity index (χ4n) is 3.77. The van der Waals surface area contributed by atoms with E-state index in [2.05, 4.69) is 45.2 Å². The van der Waals surface area contributed by atoms with Crippen molar-refractivity contribution in [1.29, 1.82) is 0 Å². The quantitative estimate of drug-likeness (QED) is 0.454. The maximum absolute atomic E-state index is 13.4. The van der Waals surface area contributed by atoms with Crippen LogP contribution in [-0.2, 0) is 4.79 Å². The maximum atomic E-state index is 13.4. The Labute approximate surface area is 196 Å². The molecule has 166 valence electrons. The molecule has 33 heavy (non-hydrogen) atoms. The number of benzene rings is 3. The van der Waals surface area contributed by atoms with Crippen LogP contribution in [0.2, 0.25) is 0 Å². The third kappa shape index (κ3) is 4.29. The van der Waals surface area contributed by atoms with Gasteiger partial charge in [-0.2, -0.15) is 0 Å². The minimum Gasteiger partial charge on any atom is -0.497 e. The summed E-state index contributed by atoms with van der Waals surface area (Å²) in [4.78, 5) is 13.4. The van der Waals surface area contributed by atoms with Crippen molar-refractivity contribution in [2.24, 2.45) is 0 Å². The number of aromatic nitrogens is 3. The smallest absolute Gasteiger partial charge is 0.240 e. The van der Waals surface area contributed by atoms with Crippen molar-refractivity contribution in [3.8, 4) is 17.1 Å². The lowest BCUT2D eigenvalue weighted by Gasteiger charge is -2.33. The summed E-state index contributed by atoms with van der Waals surface area (Å²) in [5.74, 6) is 1.27. The van der Waals surface area contributed by atoms with Crippen LogP contribution in [0.1, 0.15) is 17.2 Å². The number of anilines is 1. The van der Waals surface area contributed by atoms with E-state index in [9.17, 15) is 4.79 Å². The molecule has 0 spiro atoms. The molecule has 8 heteroatoms. The number of methoxy groups -OCH3 is 1. The van der Waals surface area contributed by atoms with Gasteiger partial charge < -0.3 is 15.5 Å². The summed E-state index contributed by atoms with van der Waals surface area (Å²) in [6.45, 7) is 2.05. The monoisotopic (exact) mass is 457 g/mol. The minimum absolute atomic E-state index is 0.123. The highest BCUT2D eigenvalue weighted by molar-refractivity contribution is 8.00. The van der Waals surface area contributed by atoms with Gasteiger partial charge in [-0.25, -0.2) is 4.68 Å². The zero-order valence-corrected chi connectivity index (χ0v) is 19.0. The molecule has 4 aromatic rings. The van der Waals surface area contributed by atoms with E-state index in [-0.39, 0.29) is 11.9 Å². The molecule has 1 amide bonds. The van der Waals surface area contributed by atoms with E-state index in [1.54, 1.807) is 13.2 Å². The largest absolute Gasteiger partial charge is 0.497 e. The lowest BCUT2D eigenvalue weighted by Crippen LogP contribution is -2.41. The van der Waals surface area contributed by atoms with Crippen LogP contribution in [0.15, 0.2) is 84.0 Å². The number of hydrogen-bond acceptors (Lipinski definition) is 6. The van der Waals surface area contributed by atoms with Gasteiger partial charge in [-0.1, -0.05) is 78.0 Å². The zero-order valence-electron chi connectivity index (χ0n) is 18.2. The Morgan fingerprint density at radius 2 is 1.82 bits per heavy atom. The number of hydrogen-bond donors (Lipinski definition) is 2. The van der Waals surface area contributed by atoms with Crippen molar-refractivity contribution >= 4 is 23.4 Å². The second kappa shape index (κ2) is 8.99. The summed E-state index contributed by atoms with van der Waals surface area (Å²) < 4.78 is 7.16. The average Bonchev–Trinajstić information content (AvgIpc) is 3.27. The first-order valence-corrected chi connectivity index (χ1v) is 11.5. The third-order valence-electron chi connectivity index (χ3n) is 5.50. The number of nitrogens with one attached hydrogen (secondary N) is 2. The molecule has 2 atom stereocenters. The zero-order chi connectivity index (χ0) is 22.8. The molecule has 0 unspecified atom stereocenters. The van der Waals surface area contributed by atoms with Crippen molar-refractivity contribution in [2.75, 3.05) is 17.9 Å². The van der Waals surface area contributed by atoms with Crippen molar-refractivity contribution in [2.45, 2.75) is 23.4 Å². The second-order valence-electron chi connectivity index (χ2n) is 7.78. The van der Waals surface area contributed by atoms with Gasteiger partial charge in [-0.3, -0.25) is 4.79 Å². The van der Waals surface area contributed by atoms with E-state index >= 15 is 0 Å². The summed E-state index contributed by atoms with van der Waals surface area (Å²) in [5, 5.41) is 12.0. The number of fused-ring (bicyclic) bond motifs is 1. The van der Waals surface area contributed by atoms with Crippen molar-refractivity contribution in [1.82, 2.24) is 14.9 Å². The number of aryl methyl sites for hydroxylation is 1. The fraction of sp³-hybridized carbons (Fsp3) is 0.160. The molecule has 1 aromatic heterocycles. The molecule has 1 aliphatic rings. The predicted molar refractivity (Wildman–Crippen MR) is 130 cm³/mol. The Hall–Kier alpha value is -3.78. The van der Waals surface area contributed by atoms with Gasteiger partial charge in [-0.05, 0) is 24.6 Å². The van der Waals surface area contributed by atoms with Crippen LogP contribution >= 0.6 is 11.8 Å². The van der Waals surface area contributed by atoms with Gasteiger partial charge in [0.15, 0.2) is 5.82 Å². The molecule has 0 saturated carbocycles. The number of thioether (sulfide) groups is 1. The van der Waals surface area contributed by atoms with Gasteiger partial charge in [0.25, 0.3) is 0 Å². The summed E-state index contributed by atoms with van der Waals surface area (Å²) >= 11 is 1.40. The first-order valence-electron chi connectivity index (χ1n) is 10.6. The Balaban J connectivity index is 1.50. The Morgan fingerprint density at radius 3 is 2.58 bits per heavy atom. The third-order valence-corrected chi connectivity index (χ3v) is 6.72. The molecule has 0 bridgehead atoms. The normalized spacial score (nSPS) is 17.0. The average molecular weight is 458 g/mol. The van der Waals surface area contributed by atoms with Gasteiger partial charge in [-0.15, -0.1) is 10.2 Å². The van der Waals surface area contributed by atoms with E-state index in [1.165, 1.54) is 11.8 Å². The lowest BCUT2D eigenvalue weighted by atomic mass is 10.0. The molecule has 5 rings (SSSR count). The van der Waals surface area contributed by atoms with E-state index in [0.717, 1.165) is 16.7 Å². The van der Waals surface area contributed by atoms with Crippen LogP contribution in [-0.4, -0.2) is 33.1 Å². The van der Waals surface area contributed by atoms with Crippen molar-refractivity contribution in [3.05, 3.63) is 90.0 Å². The molecular formula is C25H23N5O2S. The van der Waals surface area contributed by atoms with Crippen molar-refractivity contribution in [3.63, 3.8) is 0 Å². The van der Waals surface area contributed by atoms with Crippen molar-refractivity contribution < 1.29 is 9.53 Å². The Bertz CT molecular complexity index is 1270. The molecular weight excluding hydrogens is 434 g/mol. The van der Waals surface area contributed by atoms with Crippen LogP contribution < -0.4 is 15.5 Å². The summed E-state index contributed by atoms with van der Waals surface area (Å²) in [7, 11) is 1.60. The molecule has 3 aromatic carbocycles. The van der Waals surface area contributed by atoms with Crippen LogP contribution in [0.3, 0.4) is 0 Å². The van der Waals surface area contributed by atoms with Crippen LogP contribution in [0.25, 0.3) is 11.4 Å². The van der Waals surface area contributed by atoms with Gasteiger partial charge in [0.1, 0.15) is 11.0 Å². The molecule has 0 fully saturated rings. The van der Waals surface area contributed by atoms with Crippen LogP contribution in [0.5, 0.6) is 5.75 Å². The first kappa shape index (κ1) is 21.1. The highest BCUT2D eigenvalue weighted by atomic mass is 32.2. The molecule has 0 saturated heterocycles. The highest BCUT2D eigenvalue weighted by Gasteiger charge is 2.38. The molecule has 0 aliphatic carbocycles. The number of nitrogens with zero attached hydrogens (tertiary/aromatic N) is 3. The van der Waals surface area contributed by atoms with Crippen LogP contribution in [0.4, 0.5) is 5.69 Å². The van der Waals surface area contributed by atoms with E-state index < -0.39 is 5.25 Å². The SMILES string of the molecule is COc1cccc(NC(=O)[C@H]2Sc3nnc(-c4ccccc4)n3N[C@@H]2c2ccc(C)cc2)c1. The first-order chi connectivity index (χ1) is 16.1. The number of carbonyl (C=O) groups is 1. The van der Waals surface area contributed by atoms with Gasteiger partial charge in [0.05, 0.1) is 13.2 Å². The minimum atomic E-state index is -0.459. The van der Waals surface area contributed by atoms with E-state index in [1.807, 2.05) is 60.1 Å². The van der Waals surface area contributed by atoms with Crippen LogP contribution in [0, 0.1) is 6.92 Å².